The Morgan fingerprint density at radius 1 is 1.19 bits per heavy atom. The number of nitrogens with one attached hydrogen (secondary N) is 2. The van der Waals surface area contributed by atoms with E-state index in [1.165, 1.54) is 18.9 Å². The second-order valence-electron chi connectivity index (χ2n) is 6.74. The molecule has 2 N–H and O–H groups in total. The summed E-state index contributed by atoms with van der Waals surface area (Å²) < 4.78 is 12.1. The van der Waals surface area contributed by atoms with Crippen LogP contribution in [0.15, 0.2) is 52.4 Å². The van der Waals surface area contributed by atoms with E-state index < -0.39 is 0 Å². The lowest BCUT2D eigenvalue weighted by atomic mass is 10.2. The van der Waals surface area contributed by atoms with Crippen molar-refractivity contribution in [2.45, 2.75) is 18.6 Å². The molecule has 0 aliphatic carbocycles. The number of carbonyl (C=O) groups excluding carboxylic acids is 1. The molecular formula is C22H22N4O4S. The maximum Gasteiger partial charge on any atom is 0.278 e. The van der Waals surface area contributed by atoms with Gasteiger partial charge in [0, 0.05) is 23.5 Å². The minimum atomic E-state index is -0.243. The Balaban J connectivity index is 1.61. The molecule has 0 spiro atoms. The number of aromatic nitrogens is 3. The first-order valence-corrected chi connectivity index (χ1v) is 10.7. The Kier molecular flexibility index (Phi) is 5.85. The molecule has 2 heterocycles. The highest BCUT2D eigenvalue weighted by atomic mass is 32.2. The standard InChI is InChI=1S/C22H22N4O4S/c1-4-26-21(28)20-19(14-7-5-6-8-15(14)24-20)25-22(26)31-12-18(27)23-16-11-13(29-2)9-10-17(16)30-3/h5-11,24H,4,12H2,1-3H3,(H,23,27). The second kappa shape index (κ2) is 8.73. The number of nitrogens with zero attached hydrogens (tertiary/aromatic N) is 2. The average Bonchev–Trinajstić information content (AvgIpc) is 3.16. The molecule has 0 atom stereocenters. The van der Waals surface area contributed by atoms with Crippen molar-refractivity contribution in [3.8, 4) is 11.5 Å². The number of hydrogen-bond donors (Lipinski definition) is 2. The lowest BCUT2D eigenvalue weighted by molar-refractivity contribution is -0.113. The number of H-pyrrole nitrogens is 1. The van der Waals surface area contributed by atoms with E-state index in [2.05, 4.69) is 10.3 Å². The summed E-state index contributed by atoms with van der Waals surface area (Å²) in [5.74, 6) is 0.978. The third kappa shape index (κ3) is 3.96. The molecule has 1 amide bonds. The number of methoxy groups -OCH3 is 2. The van der Waals surface area contributed by atoms with Crippen LogP contribution in [0.5, 0.6) is 11.5 Å². The van der Waals surface area contributed by atoms with E-state index in [0.717, 1.165) is 10.9 Å². The molecule has 0 saturated carbocycles. The zero-order valence-electron chi connectivity index (χ0n) is 17.4. The Morgan fingerprint density at radius 2 is 2.00 bits per heavy atom. The number of carbonyl (C=O) groups is 1. The molecule has 2 aromatic heterocycles. The predicted octanol–water partition coefficient (Wildman–Crippen LogP) is 3.65. The quantitative estimate of drug-likeness (QED) is 0.338. The molecule has 0 aliphatic rings. The molecule has 0 aliphatic heterocycles. The summed E-state index contributed by atoms with van der Waals surface area (Å²) in [7, 11) is 3.09. The maximum atomic E-state index is 13.0. The van der Waals surface area contributed by atoms with E-state index in [1.807, 2.05) is 31.2 Å². The highest BCUT2D eigenvalue weighted by Gasteiger charge is 2.16. The van der Waals surface area contributed by atoms with Crippen LogP contribution in [0.4, 0.5) is 5.69 Å². The Morgan fingerprint density at radius 3 is 2.74 bits per heavy atom. The third-order valence-electron chi connectivity index (χ3n) is 4.91. The van der Waals surface area contributed by atoms with Gasteiger partial charge in [0.2, 0.25) is 5.91 Å². The molecule has 0 unspecified atom stereocenters. The summed E-state index contributed by atoms with van der Waals surface area (Å²) in [6.07, 6.45) is 0. The Bertz CT molecular complexity index is 1330. The van der Waals surface area contributed by atoms with Crippen molar-refractivity contribution in [1.82, 2.24) is 14.5 Å². The first-order valence-electron chi connectivity index (χ1n) is 9.71. The number of ether oxygens (including phenoxy) is 2. The minimum absolute atomic E-state index is 0.0840. The van der Waals surface area contributed by atoms with Crippen LogP contribution in [0, 0.1) is 0 Å². The summed E-state index contributed by atoms with van der Waals surface area (Å²) in [5, 5.41) is 4.21. The van der Waals surface area contributed by atoms with Crippen LogP contribution in [0.2, 0.25) is 0 Å². The van der Waals surface area contributed by atoms with Crippen molar-refractivity contribution in [2.24, 2.45) is 0 Å². The topological polar surface area (TPSA) is 98.2 Å². The first kappa shape index (κ1) is 20.8. The largest absolute Gasteiger partial charge is 0.497 e. The number of aromatic amines is 1. The zero-order chi connectivity index (χ0) is 22.0. The fourth-order valence-electron chi connectivity index (χ4n) is 3.39. The zero-order valence-corrected chi connectivity index (χ0v) is 18.2. The Hall–Kier alpha value is -3.46. The van der Waals surface area contributed by atoms with Crippen molar-refractivity contribution in [3.05, 3.63) is 52.8 Å². The molecular weight excluding hydrogens is 416 g/mol. The van der Waals surface area contributed by atoms with Gasteiger partial charge in [-0.25, -0.2) is 4.98 Å². The molecule has 160 valence electrons. The number of hydrogen-bond acceptors (Lipinski definition) is 6. The number of rotatable bonds is 7. The minimum Gasteiger partial charge on any atom is -0.497 e. The van der Waals surface area contributed by atoms with Crippen LogP contribution < -0.4 is 20.3 Å². The van der Waals surface area contributed by atoms with Crippen LogP contribution in [0.3, 0.4) is 0 Å². The van der Waals surface area contributed by atoms with E-state index in [4.69, 9.17) is 14.5 Å². The molecule has 0 saturated heterocycles. The van der Waals surface area contributed by atoms with Crippen LogP contribution in [0.1, 0.15) is 6.92 Å². The lowest BCUT2D eigenvalue weighted by Crippen LogP contribution is -2.23. The SMILES string of the molecule is CCn1c(SCC(=O)Nc2cc(OC)ccc2OC)nc2c([nH]c3ccccc32)c1=O. The van der Waals surface area contributed by atoms with Gasteiger partial charge in [-0.3, -0.25) is 14.2 Å². The predicted molar refractivity (Wildman–Crippen MR) is 122 cm³/mol. The molecule has 4 rings (SSSR count). The number of thioether (sulfide) groups is 1. The van der Waals surface area contributed by atoms with Gasteiger partial charge in [0.25, 0.3) is 5.56 Å². The smallest absolute Gasteiger partial charge is 0.278 e. The number of benzene rings is 2. The van der Waals surface area contributed by atoms with Gasteiger partial charge in [-0.05, 0) is 25.1 Å². The summed E-state index contributed by atoms with van der Waals surface area (Å²) in [4.78, 5) is 33.5. The third-order valence-corrected chi connectivity index (χ3v) is 5.88. The van der Waals surface area contributed by atoms with Crippen molar-refractivity contribution in [2.75, 3.05) is 25.3 Å². The molecule has 31 heavy (non-hydrogen) atoms. The van der Waals surface area contributed by atoms with E-state index in [9.17, 15) is 9.59 Å². The molecule has 9 heteroatoms. The number of fused-ring (bicyclic) bond motifs is 3. The number of amides is 1. The summed E-state index contributed by atoms with van der Waals surface area (Å²) >= 11 is 1.22. The number of para-hydroxylation sites is 1. The van der Waals surface area contributed by atoms with Crippen molar-refractivity contribution in [1.29, 1.82) is 0 Å². The molecule has 0 bridgehead atoms. The summed E-state index contributed by atoms with van der Waals surface area (Å²) in [6, 6.07) is 12.8. The lowest BCUT2D eigenvalue weighted by Gasteiger charge is -2.12. The molecule has 8 nitrogen and oxygen atoms in total. The van der Waals surface area contributed by atoms with E-state index in [0.29, 0.717) is 39.9 Å². The van der Waals surface area contributed by atoms with Gasteiger partial charge in [0.1, 0.15) is 22.5 Å². The number of anilines is 1. The maximum absolute atomic E-state index is 13.0. The second-order valence-corrected chi connectivity index (χ2v) is 7.68. The van der Waals surface area contributed by atoms with Crippen LogP contribution >= 0.6 is 11.8 Å². The molecule has 0 fully saturated rings. The van der Waals surface area contributed by atoms with Gasteiger partial charge in [-0.2, -0.15) is 0 Å². The van der Waals surface area contributed by atoms with Crippen molar-refractivity contribution < 1.29 is 14.3 Å². The van der Waals surface area contributed by atoms with E-state index in [1.54, 1.807) is 29.9 Å². The van der Waals surface area contributed by atoms with Crippen LogP contribution in [-0.4, -0.2) is 40.4 Å². The van der Waals surface area contributed by atoms with E-state index in [-0.39, 0.29) is 17.2 Å². The van der Waals surface area contributed by atoms with Crippen molar-refractivity contribution >= 4 is 45.3 Å². The van der Waals surface area contributed by atoms with Crippen molar-refractivity contribution in [3.63, 3.8) is 0 Å². The van der Waals surface area contributed by atoms with Gasteiger partial charge in [0.05, 0.1) is 25.7 Å². The van der Waals surface area contributed by atoms with Gasteiger partial charge >= 0.3 is 0 Å². The fourth-order valence-corrected chi connectivity index (χ4v) is 4.25. The molecule has 4 aromatic rings. The summed E-state index contributed by atoms with van der Waals surface area (Å²) in [5.41, 5.74) is 2.30. The fraction of sp³-hybridized carbons (Fsp3) is 0.227. The van der Waals surface area contributed by atoms with Crippen LogP contribution in [0.25, 0.3) is 21.9 Å². The van der Waals surface area contributed by atoms with Gasteiger partial charge in [-0.1, -0.05) is 30.0 Å². The monoisotopic (exact) mass is 438 g/mol. The first-order chi connectivity index (χ1) is 15.0. The van der Waals surface area contributed by atoms with Gasteiger partial charge in [0.15, 0.2) is 5.16 Å². The summed E-state index contributed by atoms with van der Waals surface area (Å²) in [6.45, 7) is 2.33. The highest BCUT2D eigenvalue weighted by Crippen LogP contribution is 2.29. The van der Waals surface area contributed by atoms with E-state index >= 15 is 0 Å². The van der Waals surface area contributed by atoms with Gasteiger partial charge in [-0.15, -0.1) is 0 Å². The molecule has 0 radical (unpaired) electrons. The average molecular weight is 439 g/mol. The van der Waals surface area contributed by atoms with Crippen LogP contribution in [-0.2, 0) is 11.3 Å². The normalized spacial score (nSPS) is 11.1. The highest BCUT2D eigenvalue weighted by molar-refractivity contribution is 7.99. The Labute approximate surface area is 182 Å². The van der Waals surface area contributed by atoms with Gasteiger partial charge < -0.3 is 19.8 Å². The molecule has 2 aromatic carbocycles.